The summed E-state index contributed by atoms with van der Waals surface area (Å²) < 4.78 is 0. The number of benzene rings is 3. The molecule has 0 fully saturated rings. The predicted molar refractivity (Wildman–Crippen MR) is 109 cm³/mol. The number of hydrogen-bond donors (Lipinski definition) is 2. The number of aromatic hydroxyl groups is 1. The van der Waals surface area contributed by atoms with Crippen molar-refractivity contribution in [3.05, 3.63) is 77.4 Å². The van der Waals surface area contributed by atoms with E-state index in [4.69, 9.17) is 0 Å². The zero-order valence-corrected chi connectivity index (χ0v) is 15.3. The van der Waals surface area contributed by atoms with Crippen LogP contribution in [0.15, 0.2) is 65.8 Å². The Hall–Kier alpha value is -2.79. The number of aryl methyl sites for hydroxylation is 1. The van der Waals surface area contributed by atoms with E-state index in [2.05, 4.69) is 41.7 Å². The molecule has 0 aliphatic rings. The van der Waals surface area contributed by atoms with Crippen LogP contribution < -0.4 is 5.43 Å². The smallest absolute Gasteiger partial charge is 0.250 e. The first-order valence-corrected chi connectivity index (χ1v) is 9.45. The molecule has 1 amide bonds. The monoisotopic (exact) mass is 364 g/mol. The van der Waals surface area contributed by atoms with Gasteiger partial charge in [0.1, 0.15) is 5.75 Å². The Morgan fingerprint density at radius 2 is 1.88 bits per heavy atom. The van der Waals surface area contributed by atoms with Gasteiger partial charge < -0.3 is 5.11 Å². The zero-order valence-electron chi connectivity index (χ0n) is 14.5. The Morgan fingerprint density at radius 3 is 2.69 bits per heavy atom. The fourth-order valence-electron chi connectivity index (χ4n) is 2.57. The van der Waals surface area contributed by atoms with E-state index in [1.807, 2.05) is 30.3 Å². The Labute approximate surface area is 156 Å². The van der Waals surface area contributed by atoms with Gasteiger partial charge in [0.05, 0.1) is 12.0 Å². The fourth-order valence-corrected chi connectivity index (χ4v) is 3.35. The standard InChI is InChI=1S/C21H20N2O2S/c1-15-6-8-16(9-7-15)13-26-14-21(25)23-22-12-19-18-5-3-2-4-17(18)10-11-20(19)24/h2-12,24H,13-14H2,1H3,(H,23,25)/b22-12-. The van der Waals surface area contributed by atoms with E-state index in [0.29, 0.717) is 11.3 Å². The maximum absolute atomic E-state index is 11.9. The van der Waals surface area contributed by atoms with Gasteiger partial charge in [-0.2, -0.15) is 5.10 Å². The van der Waals surface area contributed by atoms with Crippen LogP contribution in [0.4, 0.5) is 0 Å². The number of fused-ring (bicyclic) bond motifs is 1. The minimum absolute atomic E-state index is 0.135. The van der Waals surface area contributed by atoms with E-state index in [0.717, 1.165) is 16.5 Å². The molecule has 26 heavy (non-hydrogen) atoms. The first kappa shape index (κ1) is 18.0. The molecule has 4 nitrogen and oxygen atoms in total. The SMILES string of the molecule is Cc1ccc(CSCC(=O)N/N=C\c2c(O)ccc3ccccc23)cc1. The van der Waals surface area contributed by atoms with Crippen LogP contribution in [0.25, 0.3) is 10.8 Å². The van der Waals surface area contributed by atoms with Crippen molar-refractivity contribution in [1.82, 2.24) is 5.43 Å². The van der Waals surface area contributed by atoms with Gasteiger partial charge in [0, 0.05) is 11.3 Å². The topological polar surface area (TPSA) is 61.7 Å². The number of carbonyl (C=O) groups is 1. The van der Waals surface area contributed by atoms with Crippen LogP contribution in [0.3, 0.4) is 0 Å². The maximum atomic E-state index is 11.9. The van der Waals surface area contributed by atoms with Crippen LogP contribution in [-0.4, -0.2) is 23.0 Å². The third-order valence-electron chi connectivity index (χ3n) is 3.95. The molecule has 0 spiro atoms. The molecule has 132 valence electrons. The maximum Gasteiger partial charge on any atom is 0.250 e. The molecule has 0 unspecified atom stereocenters. The molecule has 3 aromatic carbocycles. The molecule has 0 saturated carbocycles. The van der Waals surface area contributed by atoms with Crippen molar-refractivity contribution in [3.63, 3.8) is 0 Å². The van der Waals surface area contributed by atoms with Crippen LogP contribution in [0.1, 0.15) is 16.7 Å². The highest BCUT2D eigenvalue weighted by molar-refractivity contribution is 7.99. The number of phenols is 1. The number of rotatable bonds is 6. The van der Waals surface area contributed by atoms with E-state index in [1.165, 1.54) is 29.1 Å². The second-order valence-electron chi connectivity index (χ2n) is 5.99. The molecule has 3 rings (SSSR count). The molecular weight excluding hydrogens is 344 g/mol. The molecule has 0 radical (unpaired) electrons. The van der Waals surface area contributed by atoms with Gasteiger partial charge in [-0.25, -0.2) is 5.43 Å². The third kappa shape index (κ3) is 4.64. The molecule has 0 aliphatic carbocycles. The Bertz CT molecular complexity index is 936. The summed E-state index contributed by atoms with van der Waals surface area (Å²) in [6.45, 7) is 2.05. The molecule has 0 atom stereocenters. The normalized spacial score (nSPS) is 11.1. The number of phenolic OH excluding ortho intramolecular Hbond substituents is 1. The van der Waals surface area contributed by atoms with E-state index in [1.54, 1.807) is 6.07 Å². The summed E-state index contributed by atoms with van der Waals surface area (Å²) in [7, 11) is 0. The number of hydrogen-bond acceptors (Lipinski definition) is 4. The van der Waals surface area contributed by atoms with Crippen LogP contribution in [-0.2, 0) is 10.5 Å². The zero-order chi connectivity index (χ0) is 18.4. The Balaban J connectivity index is 1.54. The number of thioether (sulfide) groups is 1. The van der Waals surface area contributed by atoms with Crippen molar-refractivity contribution >= 4 is 34.7 Å². The Kier molecular flexibility index (Phi) is 5.92. The quantitative estimate of drug-likeness (QED) is 0.508. The number of amides is 1. The number of nitrogens with zero attached hydrogens (tertiary/aromatic N) is 1. The lowest BCUT2D eigenvalue weighted by Gasteiger charge is -2.05. The molecule has 2 N–H and O–H groups in total. The second kappa shape index (κ2) is 8.54. The van der Waals surface area contributed by atoms with E-state index < -0.39 is 0 Å². The van der Waals surface area contributed by atoms with Gasteiger partial charge in [-0.05, 0) is 29.3 Å². The minimum atomic E-state index is -0.168. The second-order valence-corrected chi connectivity index (χ2v) is 6.98. The molecule has 0 aliphatic heterocycles. The summed E-state index contributed by atoms with van der Waals surface area (Å²) in [4.78, 5) is 11.9. The number of nitrogens with one attached hydrogen (secondary N) is 1. The Morgan fingerprint density at radius 1 is 1.12 bits per heavy atom. The van der Waals surface area contributed by atoms with Crippen LogP contribution in [0, 0.1) is 6.92 Å². The molecule has 5 heteroatoms. The number of hydrazone groups is 1. The van der Waals surface area contributed by atoms with Gasteiger partial charge in [-0.15, -0.1) is 11.8 Å². The predicted octanol–water partition coefficient (Wildman–Crippen LogP) is 4.24. The summed E-state index contributed by atoms with van der Waals surface area (Å²) in [5.74, 6) is 1.07. The van der Waals surface area contributed by atoms with E-state index in [9.17, 15) is 9.90 Å². The van der Waals surface area contributed by atoms with Crippen LogP contribution in [0.2, 0.25) is 0 Å². The van der Waals surface area contributed by atoms with Gasteiger partial charge in [0.25, 0.3) is 0 Å². The van der Waals surface area contributed by atoms with Crippen molar-refractivity contribution in [1.29, 1.82) is 0 Å². The van der Waals surface area contributed by atoms with E-state index >= 15 is 0 Å². The molecule has 0 heterocycles. The summed E-state index contributed by atoms with van der Waals surface area (Å²) in [5.41, 5.74) is 5.53. The van der Waals surface area contributed by atoms with Crippen LogP contribution >= 0.6 is 11.8 Å². The first-order chi connectivity index (χ1) is 12.6. The molecule has 0 bridgehead atoms. The first-order valence-electron chi connectivity index (χ1n) is 8.29. The molecular formula is C21H20N2O2S. The lowest BCUT2D eigenvalue weighted by molar-refractivity contribution is -0.118. The fraction of sp³-hybridized carbons (Fsp3) is 0.143. The van der Waals surface area contributed by atoms with Crippen molar-refractivity contribution < 1.29 is 9.90 Å². The molecule has 0 aromatic heterocycles. The minimum Gasteiger partial charge on any atom is -0.507 e. The average Bonchev–Trinajstić information content (AvgIpc) is 2.65. The molecule has 3 aromatic rings. The van der Waals surface area contributed by atoms with Gasteiger partial charge in [-0.1, -0.05) is 60.2 Å². The lowest BCUT2D eigenvalue weighted by atomic mass is 10.0. The summed E-state index contributed by atoms with van der Waals surface area (Å²) in [6, 6.07) is 19.5. The highest BCUT2D eigenvalue weighted by Crippen LogP contribution is 2.25. The summed E-state index contributed by atoms with van der Waals surface area (Å²) in [6.07, 6.45) is 1.49. The highest BCUT2D eigenvalue weighted by Gasteiger charge is 2.05. The molecule has 0 saturated heterocycles. The van der Waals surface area contributed by atoms with Crippen molar-refractivity contribution in [3.8, 4) is 5.75 Å². The van der Waals surface area contributed by atoms with Gasteiger partial charge in [0.15, 0.2) is 0 Å². The highest BCUT2D eigenvalue weighted by atomic mass is 32.2. The summed E-state index contributed by atoms with van der Waals surface area (Å²) in [5, 5.41) is 15.9. The van der Waals surface area contributed by atoms with Gasteiger partial charge in [0.2, 0.25) is 5.91 Å². The van der Waals surface area contributed by atoms with Crippen molar-refractivity contribution in [2.24, 2.45) is 5.10 Å². The van der Waals surface area contributed by atoms with Crippen molar-refractivity contribution in [2.45, 2.75) is 12.7 Å². The lowest BCUT2D eigenvalue weighted by Crippen LogP contribution is -2.19. The van der Waals surface area contributed by atoms with Gasteiger partial charge >= 0.3 is 0 Å². The summed E-state index contributed by atoms with van der Waals surface area (Å²) >= 11 is 1.54. The largest absolute Gasteiger partial charge is 0.507 e. The average molecular weight is 364 g/mol. The number of carbonyl (C=O) groups excluding carboxylic acids is 1. The van der Waals surface area contributed by atoms with Crippen LogP contribution in [0.5, 0.6) is 5.75 Å². The van der Waals surface area contributed by atoms with Crippen molar-refractivity contribution in [2.75, 3.05) is 5.75 Å². The van der Waals surface area contributed by atoms with E-state index in [-0.39, 0.29) is 11.7 Å². The van der Waals surface area contributed by atoms with Gasteiger partial charge in [-0.3, -0.25) is 4.79 Å². The third-order valence-corrected chi connectivity index (χ3v) is 4.96.